The van der Waals surface area contributed by atoms with Crippen LogP contribution in [0.15, 0.2) is 24.3 Å². The number of nitrogens with zero attached hydrogens (tertiary/aromatic N) is 1. The number of ether oxygens (including phenoxy) is 1. The Bertz CT molecular complexity index is 386. The van der Waals surface area contributed by atoms with Gasteiger partial charge in [0.2, 0.25) is 0 Å². The molecule has 1 fully saturated rings. The predicted molar refractivity (Wildman–Crippen MR) is 80.7 cm³/mol. The fourth-order valence-electron chi connectivity index (χ4n) is 2.54. The first kappa shape index (κ1) is 14.4. The third kappa shape index (κ3) is 3.71. The van der Waals surface area contributed by atoms with Crippen LogP contribution in [-0.2, 0) is 11.3 Å². The molecule has 0 saturated carbocycles. The summed E-state index contributed by atoms with van der Waals surface area (Å²) in [6.45, 7) is 11.3. The normalized spacial score (nSPS) is 18.6. The summed E-state index contributed by atoms with van der Waals surface area (Å²) < 4.78 is 5.57. The van der Waals surface area contributed by atoms with Crippen LogP contribution in [0.4, 0.5) is 5.69 Å². The molecule has 0 atom stereocenters. The summed E-state index contributed by atoms with van der Waals surface area (Å²) in [7, 11) is 0. The van der Waals surface area contributed by atoms with Crippen LogP contribution in [-0.4, -0.2) is 31.8 Å². The second kappa shape index (κ2) is 6.40. The highest BCUT2D eigenvalue weighted by Crippen LogP contribution is 2.27. The predicted octanol–water partition coefficient (Wildman–Crippen LogP) is 2.80. The highest BCUT2D eigenvalue weighted by Gasteiger charge is 2.30. The lowest BCUT2D eigenvalue weighted by Crippen LogP contribution is -2.53. The summed E-state index contributed by atoms with van der Waals surface area (Å²) in [5.74, 6) is 0. The minimum atomic E-state index is 0.0836. The number of hydrogen-bond donors (Lipinski definition) is 1. The average molecular weight is 262 g/mol. The topological polar surface area (TPSA) is 24.5 Å². The second-order valence-electron chi connectivity index (χ2n) is 5.86. The van der Waals surface area contributed by atoms with E-state index in [1.807, 2.05) is 0 Å². The molecule has 1 N–H and O–H groups in total. The van der Waals surface area contributed by atoms with Gasteiger partial charge >= 0.3 is 0 Å². The molecular formula is C16H26N2O. The molecule has 1 aliphatic rings. The van der Waals surface area contributed by atoms with Gasteiger partial charge in [-0.25, -0.2) is 0 Å². The van der Waals surface area contributed by atoms with E-state index in [0.717, 1.165) is 32.8 Å². The van der Waals surface area contributed by atoms with Crippen LogP contribution in [0.25, 0.3) is 0 Å². The number of anilines is 1. The van der Waals surface area contributed by atoms with Gasteiger partial charge in [-0.1, -0.05) is 19.1 Å². The molecule has 0 unspecified atom stereocenters. The van der Waals surface area contributed by atoms with E-state index in [1.165, 1.54) is 17.7 Å². The van der Waals surface area contributed by atoms with Crippen molar-refractivity contribution in [1.29, 1.82) is 0 Å². The standard InChI is InChI=1S/C16H26N2O/c1-4-9-17-12-14-5-7-15(8-6-14)18-10-11-19-13-16(18,2)3/h5-8,17H,4,9-13H2,1-3H3. The van der Waals surface area contributed by atoms with Crippen molar-refractivity contribution in [3.8, 4) is 0 Å². The minimum absolute atomic E-state index is 0.0836. The molecule has 1 saturated heterocycles. The van der Waals surface area contributed by atoms with Gasteiger partial charge in [0.25, 0.3) is 0 Å². The van der Waals surface area contributed by atoms with Gasteiger partial charge in [-0.2, -0.15) is 0 Å². The lowest BCUT2D eigenvalue weighted by molar-refractivity contribution is 0.0644. The van der Waals surface area contributed by atoms with Crippen molar-refractivity contribution < 1.29 is 4.74 Å². The van der Waals surface area contributed by atoms with Crippen molar-refractivity contribution in [1.82, 2.24) is 5.32 Å². The first-order valence-electron chi connectivity index (χ1n) is 7.28. The number of hydrogen-bond acceptors (Lipinski definition) is 3. The Labute approximate surface area is 116 Å². The molecule has 1 heterocycles. The first-order valence-corrected chi connectivity index (χ1v) is 7.28. The fourth-order valence-corrected chi connectivity index (χ4v) is 2.54. The SMILES string of the molecule is CCCNCc1ccc(N2CCOCC2(C)C)cc1. The van der Waals surface area contributed by atoms with E-state index >= 15 is 0 Å². The summed E-state index contributed by atoms with van der Waals surface area (Å²) in [5.41, 5.74) is 2.73. The Balaban J connectivity index is 2.01. The summed E-state index contributed by atoms with van der Waals surface area (Å²) in [6.07, 6.45) is 1.18. The Morgan fingerprint density at radius 2 is 2.00 bits per heavy atom. The maximum atomic E-state index is 5.57. The summed E-state index contributed by atoms with van der Waals surface area (Å²) in [4.78, 5) is 2.44. The van der Waals surface area contributed by atoms with Crippen molar-refractivity contribution >= 4 is 5.69 Å². The Hall–Kier alpha value is -1.06. The van der Waals surface area contributed by atoms with Crippen LogP contribution >= 0.6 is 0 Å². The maximum absolute atomic E-state index is 5.57. The number of nitrogens with one attached hydrogen (secondary N) is 1. The lowest BCUT2D eigenvalue weighted by Gasteiger charge is -2.43. The van der Waals surface area contributed by atoms with Crippen molar-refractivity contribution in [3.63, 3.8) is 0 Å². The van der Waals surface area contributed by atoms with Crippen molar-refractivity contribution in [3.05, 3.63) is 29.8 Å². The van der Waals surface area contributed by atoms with Crippen LogP contribution < -0.4 is 10.2 Å². The smallest absolute Gasteiger partial charge is 0.0694 e. The maximum Gasteiger partial charge on any atom is 0.0694 e. The molecule has 0 spiro atoms. The van der Waals surface area contributed by atoms with Gasteiger partial charge in [0.05, 0.1) is 18.8 Å². The highest BCUT2D eigenvalue weighted by atomic mass is 16.5. The van der Waals surface area contributed by atoms with Crippen molar-refractivity contribution in [2.24, 2.45) is 0 Å². The highest BCUT2D eigenvalue weighted by molar-refractivity contribution is 5.50. The minimum Gasteiger partial charge on any atom is -0.377 e. The van der Waals surface area contributed by atoms with Gasteiger partial charge in [0, 0.05) is 18.8 Å². The Morgan fingerprint density at radius 1 is 1.26 bits per heavy atom. The van der Waals surface area contributed by atoms with Gasteiger partial charge < -0.3 is 15.0 Å². The summed E-state index contributed by atoms with van der Waals surface area (Å²) in [5, 5.41) is 3.43. The van der Waals surface area contributed by atoms with E-state index in [-0.39, 0.29) is 5.54 Å². The largest absolute Gasteiger partial charge is 0.377 e. The van der Waals surface area contributed by atoms with Crippen LogP contribution in [0.1, 0.15) is 32.8 Å². The van der Waals surface area contributed by atoms with Crippen LogP contribution in [0.2, 0.25) is 0 Å². The van der Waals surface area contributed by atoms with Crippen molar-refractivity contribution in [2.75, 3.05) is 31.2 Å². The number of rotatable bonds is 5. The van der Waals surface area contributed by atoms with E-state index in [1.54, 1.807) is 0 Å². The third-order valence-electron chi connectivity index (χ3n) is 3.65. The Morgan fingerprint density at radius 3 is 2.63 bits per heavy atom. The van der Waals surface area contributed by atoms with Gasteiger partial charge in [0.15, 0.2) is 0 Å². The van der Waals surface area contributed by atoms with Gasteiger partial charge in [-0.05, 0) is 44.5 Å². The molecule has 2 rings (SSSR count). The molecule has 0 bridgehead atoms. The molecule has 3 nitrogen and oxygen atoms in total. The molecule has 1 aromatic rings. The van der Waals surface area contributed by atoms with E-state index in [2.05, 4.69) is 55.3 Å². The number of benzene rings is 1. The second-order valence-corrected chi connectivity index (χ2v) is 5.86. The van der Waals surface area contributed by atoms with E-state index in [0.29, 0.717) is 0 Å². The molecule has 1 aliphatic heterocycles. The van der Waals surface area contributed by atoms with Gasteiger partial charge in [-0.3, -0.25) is 0 Å². The first-order chi connectivity index (χ1) is 9.13. The van der Waals surface area contributed by atoms with Gasteiger partial charge in [0.1, 0.15) is 0 Å². The Kier molecular flexibility index (Phi) is 4.83. The zero-order chi connectivity index (χ0) is 13.7. The summed E-state index contributed by atoms with van der Waals surface area (Å²) >= 11 is 0. The summed E-state index contributed by atoms with van der Waals surface area (Å²) in [6, 6.07) is 8.92. The van der Waals surface area contributed by atoms with Crippen LogP contribution in [0.3, 0.4) is 0 Å². The van der Waals surface area contributed by atoms with Crippen LogP contribution in [0.5, 0.6) is 0 Å². The van der Waals surface area contributed by atoms with E-state index in [4.69, 9.17) is 4.74 Å². The molecular weight excluding hydrogens is 236 g/mol. The molecule has 0 aliphatic carbocycles. The monoisotopic (exact) mass is 262 g/mol. The van der Waals surface area contributed by atoms with E-state index < -0.39 is 0 Å². The quantitative estimate of drug-likeness (QED) is 0.826. The lowest BCUT2D eigenvalue weighted by atomic mass is 10.0. The molecule has 3 heteroatoms. The molecule has 0 radical (unpaired) electrons. The van der Waals surface area contributed by atoms with Crippen LogP contribution in [0, 0.1) is 0 Å². The molecule has 1 aromatic carbocycles. The third-order valence-corrected chi connectivity index (χ3v) is 3.65. The molecule has 0 aromatic heterocycles. The zero-order valence-electron chi connectivity index (χ0n) is 12.4. The molecule has 0 amide bonds. The molecule has 19 heavy (non-hydrogen) atoms. The van der Waals surface area contributed by atoms with Gasteiger partial charge in [-0.15, -0.1) is 0 Å². The van der Waals surface area contributed by atoms with Crippen molar-refractivity contribution in [2.45, 2.75) is 39.3 Å². The van der Waals surface area contributed by atoms with E-state index in [9.17, 15) is 0 Å². The molecule has 106 valence electrons. The fraction of sp³-hybridized carbons (Fsp3) is 0.625. The number of morpholine rings is 1. The average Bonchev–Trinajstić information content (AvgIpc) is 2.40. The zero-order valence-corrected chi connectivity index (χ0v) is 12.4.